The van der Waals surface area contributed by atoms with Gasteiger partial charge in [-0.2, -0.15) is 0 Å². The number of aliphatic hydroxyl groups is 2. The third-order valence-corrected chi connectivity index (χ3v) is 9.01. The highest BCUT2D eigenvalue weighted by Gasteiger charge is 2.76. The Balaban J connectivity index is 2.29. The van der Waals surface area contributed by atoms with Gasteiger partial charge in [-0.1, -0.05) is 32.8 Å². The molecule has 0 aromatic heterocycles. The molecule has 1 saturated heterocycles. The molecule has 8 atom stereocenters. The summed E-state index contributed by atoms with van der Waals surface area (Å²) in [5.74, 6) is -5.05. The van der Waals surface area contributed by atoms with E-state index in [2.05, 4.69) is 0 Å². The highest BCUT2D eigenvalue weighted by atomic mass is 16.6. The van der Waals surface area contributed by atoms with E-state index < -0.39 is 83.4 Å². The van der Waals surface area contributed by atoms with Crippen molar-refractivity contribution in [1.29, 1.82) is 0 Å². The Bertz CT molecular complexity index is 1230. The molecule has 0 unspecified atom stereocenters. The molecule has 0 aromatic rings. The summed E-state index contributed by atoms with van der Waals surface area (Å²) in [5.41, 5.74) is -6.12. The summed E-state index contributed by atoms with van der Waals surface area (Å²) in [6, 6.07) is 0. The van der Waals surface area contributed by atoms with Crippen LogP contribution in [0.25, 0.3) is 0 Å². The summed E-state index contributed by atoms with van der Waals surface area (Å²) < 4.78 is 29.1. The van der Waals surface area contributed by atoms with Crippen molar-refractivity contribution in [2.75, 3.05) is 0 Å². The van der Waals surface area contributed by atoms with Gasteiger partial charge in [-0.3, -0.25) is 14.4 Å². The van der Waals surface area contributed by atoms with Gasteiger partial charge < -0.3 is 33.9 Å². The standard InChI is InChI=1S/C32H46O12/c1-9-12-13-15-22(35)41-26-24-23(18(5)25(26)42-28(36)17(4)11-3)27-32(39,31(8,38)29(37)43-27)20(40-21(34)14-10-2)16-30(24,7)44-19(6)33/h11,20,24-27,38-39H,9-10,12-16H2,1-8H3/b17-11+/t20-,24+,25-,26-,27-,30-,31+,32+/m0/s1. The van der Waals surface area contributed by atoms with Crippen molar-refractivity contribution in [3.05, 3.63) is 22.8 Å². The zero-order chi connectivity index (χ0) is 33.2. The van der Waals surface area contributed by atoms with Gasteiger partial charge in [0.1, 0.15) is 11.7 Å². The first kappa shape index (κ1) is 35.2. The molecule has 44 heavy (non-hydrogen) atoms. The monoisotopic (exact) mass is 622 g/mol. The fourth-order valence-electron chi connectivity index (χ4n) is 6.55. The van der Waals surface area contributed by atoms with Crippen LogP contribution < -0.4 is 0 Å². The third kappa shape index (κ3) is 6.28. The zero-order valence-electron chi connectivity index (χ0n) is 26.9. The highest BCUT2D eigenvalue weighted by molar-refractivity contribution is 5.88. The molecule has 2 fully saturated rings. The Morgan fingerprint density at radius 1 is 0.977 bits per heavy atom. The zero-order valence-corrected chi connectivity index (χ0v) is 26.9. The lowest BCUT2D eigenvalue weighted by molar-refractivity contribution is -0.212. The van der Waals surface area contributed by atoms with Gasteiger partial charge in [0.05, 0.1) is 5.92 Å². The highest BCUT2D eigenvalue weighted by Crippen LogP contribution is 2.57. The molecule has 0 aromatic carbocycles. The second-order valence-electron chi connectivity index (χ2n) is 12.3. The van der Waals surface area contributed by atoms with E-state index in [0.717, 1.165) is 19.8 Å². The van der Waals surface area contributed by atoms with Crippen LogP contribution in [0.2, 0.25) is 0 Å². The molecule has 2 N–H and O–H groups in total. The predicted molar refractivity (Wildman–Crippen MR) is 155 cm³/mol. The van der Waals surface area contributed by atoms with Crippen LogP contribution in [0.15, 0.2) is 22.8 Å². The fraction of sp³-hybridized carbons (Fsp3) is 0.719. The topological polar surface area (TPSA) is 172 Å². The van der Waals surface area contributed by atoms with Crippen LogP contribution in [0, 0.1) is 5.92 Å². The number of esters is 5. The van der Waals surface area contributed by atoms with Crippen LogP contribution in [0.4, 0.5) is 0 Å². The lowest BCUT2D eigenvalue weighted by atomic mass is 9.75. The molecule has 1 aliphatic heterocycles. The van der Waals surface area contributed by atoms with Gasteiger partial charge in [-0.15, -0.1) is 0 Å². The summed E-state index contributed by atoms with van der Waals surface area (Å²) in [4.78, 5) is 64.7. The van der Waals surface area contributed by atoms with E-state index in [-0.39, 0.29) is 29.6 Å². The molecule has 0 radical (unpaired) electrons. The van der Waals surface area contributed by atoms with Gasteiger partial charge in [0.15, 0.2) is 29.5 Å². The number of ether oxygens (including phenoxy) is 5. The van der Waals surface area contributed by atoms with Crippen molar-refractivity contribution in [1.82, 2.24) is 0 Å². The van der Waals surface area contributed by atoms with Crippen molar-refractivity contribution in [2.24, 2.45) is 5.92 Å². The van der Waals surface area contributed by atoms with Crippen molar-refractivity contribution >= 4 is 29.8 Å². The molecule has 12 nitrogen and oxygen atoms in total. The van der Waals surface area contributed by atoms with Gasteiger partial charge in [-0.25, -0.2) is 9.59 Å². The van der Waals surface area contributed by atoms with Crippen LogP contribution in [-0.2, 0) is 47.7 Å². The summed E-state index contributed by atoms with van der Waals surface area (Å²) >= 11 is 0. The van der Waals surface area contributed by atoms with Crippen molar-refractivity contribution < 1.29 is 57.9 Å². The van der Waals surface area contributed by atoms with E-state index in [9.17, 15) is 34.2 Å². The minimum absolute atomic E-state index is 0.0239. The van der Waals surface area contributed by atoms with Gasteiger partial charge in [0.25, 0.3) is 0 Å². The number of carbonyl (C=O) groups is 5. The molecular formula is C32H46O12. The lowest BCUT2D eigenvalue weighted by Gasteiger charge is -2.41. The maximum Gasteiger partial charge on any atom is 0.341 e. The number of unbranched alkanes of at least 4 members (excludes halogenated alkanes) is 2. The van der Waals surface area contributed by atoms with E-state index >= 15 is 0 Å². The molecule has 246 valence electrons. The molecule has 1 heterocycles. The molecule has 0 spiro atoms. The molecule has 2 aliphatic carbocycles. The van der Waals surface area contributed by atoms with E-state index in [4.69, 9.17) is 23.7 Å². The first-order valence-corrected chi connectivity index (χ1v) is 15.3. The SMILES string of the molecule is C/C=C(\C)C(=O)O[C@H]1C(C)=C2[C@H]([C@@H]1OC(=O)CCCCC)[C@@](C)(OC(C)=O)C[C@H](OC(=O)CCC)[C@@]1(O)[C@H]2OC(=O)[C@@]1(C)O. The number of rotatable bonds is 11. The first-order chi connectivity index (χ1) is 20.5. The quantitative estimate of drug-likeness (QED) is 0.114. The number of hydrogen-bond acceptors (Lipinski definition) is 12. The second-order valence-corrected chi connectivity index (χ2v) is 12.3. The molecule has 3 aliphatic rings. The molecule has 1 saturated carbocycles. The minimum atomic E-state index is -2.57. The molecule has 0 amide bonds. The Labute approximate surface area is 258 Å². The van der Waals surface area contributed by atoms with Gasteiger partial charge >= 0.3 is 29.8 Å². The molecule has 12 heteroatoms. The van der Waals surface area contributed by atoms with Crippen molar-refractivity contribution in [3.63, 3.8) is 0 Å². The van der Waals surface area contributed by atoms with Crippen LogP contribution in [0.5, 0.6) is 0 Å². The summed E-state index contributed by atoms with van der Waals surface area (Å²) in [5, 5.41) is 23.8. The van der Waals surface area contributed by atoms with Gasteiger partial charge in [-0.05, 0) is 58.6 Å². The normalized spacial score (nSPS) is 34.8. The van der Waals surface area contributed by atoms with E-state index in [1.165, 1.54) is 13.8 Å². The molecule has 3 rings (SSSR count). The maximum atomic E-state index is 13.2. The Morgan fingerprint density at radius 3 is 2.18 bits per heavy atom. The van der Waals surface area contributed by atoms with Crippen molar-refractivity contribution in [3.8, 4) is 0 Å². The van der Waals surface area contributed by atoms with Crippen LogP contribution >= 0.6 is 0 Å². The van der Waals surface area contributed by atoms with Crippen LogP contribution in [0.3, 0.4) is 0 Å². The van der Waals surface area contributed by atoms with Gasteiger partial charge in [0, 0.05) is 31.8 Å². The second kappa shape index (κ2) is 13.4. The van der Waals surface area contributed by atoms with Crippen molar-refractivity contribution in [2.45, 2.75) is 142 Å². The Kier molecular flexibility index (Phi) is 10.7. The predicted octanol–water partition coefficient (Wildman–Crippen LogP) is 3.15. The summed E-state index contributed by atoms with van der Waals surface area (Å²) in [6.07, 6.45) is -1.96. The average Bonchev–Trinajstić information content (AvgIpc) is 3.26. The molecular weight excluding hydrogens is 576 g/mol. The number of hydrogen-bond donors (Lipinski definition) is 2. The van der Waals surface area contributed by atoms with E-state index in [1.54, 1.807) is 33.8 Å². The summed E-state index contributed by atoms with van der Waals surface area (Å²) in [7, 11) is 0. The van der Waals surface area contributed by atoms with E-state index in [0.29, 0.717) is 12.8 Å². The molecule has 0 bridgehead atoms. The Hall–Kier alpha value is -3.25. The third-order valence-electron chi connectivity index (χ3n) is 9.01. The largest absolute Gasteiger partial charge is 0.459 e. The average molecular weight is 623 g/mol. The Morgan fingerprint density at radius 2 is 1.61 bits per heavy atom. The van der Waals surface area contributed by atoms with Crippen LogP contribution in [-0.4, -0.2) is 81.3 Å². The lowest BCUT2D eigenvalue weighted by Crippen LogP contribution is -2.64. The number of fused-ring (bicyclic) bond motifs is 3. The smallest absolute Gasteiger partial charge is 0.341 e. The fourth-order valence-corrected chi connectivity index (χ4v) is 6.55. The first-order valence-electron chi connectivity index (χ1n) is 15.3. The minimum Gasteiger partial charge on any atom is -0.459 e. The van der Waals surface area contributed by atoms with Crippen LogP contribution in [0.1, 0.15) is 100 Å². The number of allylic oxidation sites excluding steroid dienone is 1. The number of carbonyl (C=O) groups excluding carboxylic acids is 5. The van der Waals surface area contributed by atoms with Gasteiger partial charge in [0.2, 0.25) is 0 Å². The summed E-state index contributed by atoms with van der Waals surface area (Å²) in [6.45, 7) is 12.3. The maximum absolute atomic E-state index is 13.2. The van der Waals surface area contributed by atoms with E-state index in [1.807, 2.05) is 6.92 Å².